The topological polar surface area (TPSA) is 29.5 Å². The summed E-state index contributed by atoms with van der Waals surface area (Å²) >= 11 is 0. The van der Waals surface area contributed by atoms with Crippen molar-refractivity contribution in [1.29, 1.82) is 0 Å². The van der Waals surface area contributed by atoms with E-state index in [0.717, 1.165) is 12.0 Å². The number of hydrogen-bond acceptors (Lipinski definition) is 2. The lowest BCUT2D eigenvalue weighted by atomic mass is 10.1. The van der Waals surface area contributed by atoms with Crippen LogP contribution in [0.25, 0.3) is 0 Å². The Morgan fingerprint density at radius 1 is 0.846 bits per heavy atom. The number of ether oxygens (including phenoxy) is 1. The first-order chi connectivity index (χ1) is 12.8. The molecule has 3 aromatic carbocycles. The molecule has 132 valence electrons. The zero-order chi connectivity index (χ0) is 18.2. The van der Waals surface area contributed by atoms with Crippen LogP contribution in [0.2, 0.25) is 0 Å². The fourth-order valence-electron chi connectivity index (χ4n) is 2.90. The van der Waals surface area contributed by atoms with E-state index in [9.17, 15) is 4.79 Å². The standard InChI is InChI=1S/C23H23NO2/c1-26-22-14-8-13-21(17-22)23(25)24(18-20-11-6-3-7-12-20)16-15-19-9-4-2-5-10-19/h2-14,17H,15-16,18H2,1H3. The molecule has 0 aromatic heterocycles. The Hall–Kier alpha value is -3.07. The van der Waals surface area contributed by atoms with Gasteiger partial charge in [-0.2, -0.15) is 0 Å². The van der Waals surface area contributed by atoms with Gasteiger partial charge in [0.1, 0.15) is 5.75 Å². The van der Waals surface area contributed by atoms with E-state index >= 15 is 0 Å². The van der Waals surface area contributed by atoms with Crippen LogP contribution in [0.15, 0.2) is 84.9 Å². The monoisotopic (exact) mass is 345 g/mol. The van der Waals surface area contributed by atoms with E-state index < -0.39 is 0 Å². The maximum Gasteiger partial charge on any atom is 0.254 e. The molecule has 3 nitrogen and oxygen atoms in total. The maximum absolute atomic E-state index is 13.1. The molecule has 0 aliphatic rings. The Balaban J connectivity index is 1.80. The van der Waals surface area contributed by atoms with Gasteiger partial charge in [0.2, 0.25) is 0 Å². The smallest absolute Gasteiger partial charge is 0.254 e. The van der Waals surface area contributed by atoms with Crippen LogP contribution in [0.4, 0.5) is 0 Å². The zero-order valence-electron chi connectivity index (χ0n) is 15.0. The molecular formula is C23H23NO2. The number of amides is 1. The van der Waals surface area contributed by atoms with Gasteiger partial charge in [0.25, 0.3) is 5.91 Å². The summed E-state index contributed by atoms with van der Waals surface area (Å²) in [4.78, 5) is 15.0. The number of benzene rings is 3. The van der Waals surface area contributed by atoms with Gasteiger partial charge in [0, 0.05) is 18.7 Å². The van der Waals surface area contributed by atoms with E-state index in [1.54, 1.807) is 13.2 Å². The Labute approximate surface area is 154 Å². The fourth-order valence-corrected chi connectivity index (χ4v) is 2.90. The van der Waals surface area contributed by atoms with Gasteiger partial charge in [-0.15, -0.1) is 0 Å². The molecule has 0 unspecified atom stereocenters. The van der Waals surface area contributed by atoms with Gasteiger partial charge in [-0.05, 0) is 35.7 Å². The highest BCUT2D eigenvalue weighted by molar-refractivity contribution is 5.94. The lowest BCUT2D eigenvalue weighted by Gasteiger charge is -2.23. The first kappa shape index (κ1) is 17.7. The molecule has 0 N–H and O–H groups in total. The van der Waals surface area contributed by atoms with Crippen LogP contribution in [0.1, 0.15) is 21.5 Å². The van der Waals surface area contributed by atoms with E-state index in [4.69, 9.17) is 4.74 Å². The van der Waals surface area contributed by atoms with E-state index in [-0.39, 0.29) is 5.91 Å². The van der Waals surface area contributed by atoms with Crippen molar-refractivity contribution < 1.29 is 9.53 Å². The van der Waals surface area contributed by atoms with Crippen LogP contribution in [-0.2, 0) is 13.0 Å². The van der Waals surface area contributed by atoms with Gasteiger partial charge in [-0.1, -0.05) is 66.7 Å². The van der Waals surface area contributed by atoms with Gasteiger partial charge in [0.15, 0.2) is 0 Å². The molecule has 0 spiro atoms. The van der Waals surface area contributed by atoms with Crippen LogP contribution in [0.5, 0.6) is 5.75 Å². The lowest BCUT2D eigenvalue weighted by molar-refractivity contribution is 0.0744. The predicted octanol–water partition coefficient (Wildman–Crippen LogP) is 4.58. The highest BCUT2D eigenvalue weighted by Crippen LogP contribution is 2.16. The van der Waals surface area contributed by atoms with Crippen LogP contribution in [-0.4, -0.2) is 24.5 Å². The van der Waals surface area contributed by atoms with Crippen molar-refractivity contribution in [3.63, 3.8) is 0 Å². The third kappa shape index (κ3) is 4.73. The van der Waals surface area contributed by atoms with E-state index in [0.29, 0.717) is 24.4 Å². The molecule has 26 heavy (non-hydrogen) atoms. The average molecular weight is 345 g/mol. The highest BCUT2D eigenvalue weighted by Gasteiger charge is 2.17. The van der Waals surface area contributed by atoms with Crippen molar-refractivity contribution in [2.24, 2.45) is 0 Å². The molecule has 0 aliphatic heterocycles. The second-order valence-electron chi connectivity index (χ2n) is 6.18. The minimum absolute atomic E-state index is 0.0173. The second-order valence-corrected chi connectivity index (χ2v) is 6.18. The van der Waals surface area contributed by atoms with Gasteiger partial charge >= 0.3 is 0 Å². The van der Waals surface area contributed by atoms with E-state index in [2.05, 4.69) is 12.1 Å². The van der Waals surface area contributed by atoms with Gasteiger partial charge < -0.3 is 9.64 Å². The summed E-state index contributed by atoms with van der Waals surface area (Å²) in [6.07, 6.45) is 0.823. The van der Waals surface area contributed by atoms with Gasteiger partial charge in [0.05, 0.1) is 7.11 Å². The average Bonchev–Trinajstić information content (AvgIpc) is 2.72. The normalized spacial score (nSPS) is 10.3. The van der Waals surface area contributed by atoms with Crippen molar-refractivity contribution in [2.45, 2.75) is 13.0 Å². The van der Waals surface area contributed by atoms with Crippen molar-refractivity contribution in [3.8, 4) is 5.75 Å². The van der Waals surface area contributed by atoms with Gasteiger partial charge in [-0.3, -0.25) is 4.79 Å². The summed E-state index contributed by atoms with van der Waals surface area (Å²) < 4.78 is 5.26. The quantitative estimate of drug-likeness (QED) is 0.627. The minimum atomic E-state index is 0.0173. The minimum Gasteiger partial charge on any atom is -0.497 e. The first-order valence-corrected chi connectivity index (χ1v) is 8.77. The molecule has 0 aliphatic carbocycles. The summed E-state index contributed by atoms with van der Waals surface area (Å²) in [6.45, 7) is 1.25. The molecule has 0 atom stereocenters. The number of methoxy groups -OCH3 is 1. The Kier molecular flexibility index (Phi) is 6.05. The SMILES string of the molecule is COc1cccc(C(=O)N(CCc2ccccc2)Cc2ccccc2)c1. The number of nitrogens with zero attached hydrogens (tertiary/aromatic N) is 1. The summed E-state index contributed by atoms with van der Waals surface area (Å²) in [5.74, 6) is 0.710. The third-order valence-electron chi connectivity index (χ3n) is 4.33. The lowest BCUT2D eigenvalue weighted by Crippen LogP contribution is -2.32. The molecule has 0 fully saturated rings. The number of carbonyl (C=O) groups excluding carboxylic acids is 1. The molecule has 0 saturated carbocycles. The Bertz CT molecular complexity index is 831. The van der Waals surface area contributed by atoms with Gasteiger partial charge in [-0.25, -0.2) is 0 Å². The molecule has 3 heteroatoms. The van der Waals surface area contributed by atoms with Crippen molar-refractivity contribution in [2.75, 3.05) is 13.7 Å². The molecule has 1 amide bonds. The largest absolute Gasteiger partial charge is 0.497 e. The molecule has 0 saturated heterocycles. The molecule has 0 bridgehead atoms. The predicted molar refractivity (Wildman–Crippen MR) is 104 cm³/mol. The van der Waals surface area contributed by atoms with Crippen molar-refractivity contribution in [1.82, 2.24) is 4.90 Å². The van der Waals surface area contributed by atoms with E-state index in [1.165, 1.54) is 5.56 Å². The zero-order valence-corrected chi connectivity index (χ0v) is 15.0. The number of hydrogen-bond donors (Lipinski definition) is 0. The fraction of sp³-hybridized carbons (Fsp3) is 0.174. The van der Waals surface area contributed by atoms with Crippen LogP contribution in [0, 0.1) is 0 Å². The molecule has 3 rings (SSSR count). The molecule has 0 heterocycles. The molecule has 3 aromatic rings. The van der Waals surface area contributed by atoms with E-state index in [1.807, 2.05) is 71.6 Å². The van der Waals surface area contributed by atoms with Crippen LogP contribution >= 0.6 is 0 Å². The highest BCUT2D eigenvalue weighted by atomic mass is 16.5. The summed E-state index contributed by atoms with van der Waals surface area (Å²) in [6, 6.07) is 27.7. The van der Waals surface area contributed by atoms with Crippen LogP contribution in [0.3, 0.4) is 0 Å². The molecular weight excluding hydrogens is 322 g/mol. The Morgan fingerprint density at radius 2 is 1.50 bits per heavy atom. The number of rotatable bonds is 7. The first-order valence-electron chi connectivity index (χ1n) is 8.77. The summed E-state index contributed by atoms with van der Waals surface area (Å²) in [7, 11) is 1.61. The van der Waals surface area contributed by atoms with Crippen molar-refractivity contribution in [3.05, 3.63) is 102 Å². The third-order valence-corrected chi connectivity index (χ3v) is 4.33. The molecule has 0 radical (unpaired) electrons. The summed E-state index contributed by atoms with van der Waals surface area (Å²) in [5.41, 5.74) is 2.99. The number of carbonyl (C=O) groups is 1. The van der Waals surface area contributed by atoms with Crippen molar-refractivity contribution >= 4 is 5.91 Å². The van der Waals surface area contributed by atoms with Crippen LogP contribution < -0.4 is 4.74 Å². The second kappa shape index (κ2) is 8.86. The summed E-state index contributed by atoms with van der Waals surface area (Å²) in [5, 5.41) is 0. The maximum atomic E-state index is 13.1. The Morgan fingerprint density at radius 3 is 2.15 bits per heavy atom.